The zero-order chi connectivity index (χ0) is 24.8. The van der Waals surface area contributed by atoms with Gasteiger partial charge < -0.3 is 10.2 Å². The number of fused-ring (bicyclic) bond motifs is 1. The molecule has 0 spiro atoms. The Morgan fingerprint density at radius 1 is 1.21 bits per heavy atom. The molecule has 2 aromatic carbocycles. The lowest BCUT2D eigenvalue weighted by Gasteiger charge is -2.30. The number of nitrogens with one attached hydrogen (secondary N) is 1. The molecule has 0 aromatic heterocycles. The fourth-order valence-electron chi connectivity index (χ4n) is 4.56. The van der Waals surface area contributed by atoms with Crippen molar-refractivity contribution in [1.29, 1.82) is 5.26 Å². The van der Waals surface area contributed by atoms with Crippen molar-refractivity contribution in [3.8, 4) is 6.07 Å². The Balaban J connectivity index is 1.68. The summed E-state index contributed by atoms with van der Waals surface area (Å²) >= 11 is 0. The third-order valence-electron chi connectivity index (χ3n) is 6.28. The maximum absolute atomic E-state index is 14.5. The molecule has 1 heterocycles. The van der Waals surface area contributed by atoms with Crippen molar-refractivity contribution in [1.82, 2.24) is 10.2 Å². The summed E-state index contributed by atoms with van der Waals surface area (Å²) < 4.78 is 54.8. The Labute approximate surface area is 193 Å². The molecule has 2 aliphatic rings. The molecule has 2 aromatic rings. The van der Waals surface area contributed by atoms with Gasteiger partial charge in [0.05, 0.1) is 34.8 Å². The number of carbonyl (C=O) groups is 2. The van der Waals surface area contributed by atoms with Gasteiger partial charge in [0.25, 0.3) is 5.91 Å². The predicted octanol–water partition coefficient (Wildman–Crippen LogP) is 4.56. The standard InChI is InChI=1S/C24H20F4N4O2/c1-30-22(33)17-7-4-13(9-19(17)25)14-5-8-20-21(10-14)31(2)23(34)32(20)16-6-3-15(12-29)18(11-16)24(26,27)28/h3-4,6-7,9-11,20-21H,5,8H2,1-2H3,(H,30,33)/t20-,21+/m0/s1. The molecule has 0 saturated carbocycles. The van der Waals surface area contributed by atoms with Crippen LogP contribution in [0.25, 0.3) is 5.57 Å². The van der Waals surface area contributed by atoms with Crippen LogP contribution in [0.4, 0.5) is 28.0 Å². The van der Waals surface area contributed by atoms with Gasteiger partial charge in [0.15, 0.2) is 0 Å². The number of hydrogen-bond donors (Lipinski definition) is 1. The number of anilines is 1. The molecule has 0 radical (unpaired) electrons. The molecule has 0 unspecified atom stereocenters. The molecule has 6 nitrogen and oxygen atoms in total. The van der Waals surface area contributed by atoms with Gasteiger partial charge in [0.2, 0.25) is 0 Å². The highest BCUT2D eigenvalue weighted by atomic mass is 19.4. The summed E-state index contributed by atoms with van der Waals surface area (Å²) in [5.41, 5.74) is -0.276. The number of rotatable bonds is 3. The smallest absolute Gasteiger partial charge is 0.355 e. The van der Waals surface area contributed by atoms with Crippen LogP contribution < -0.4 is 10.2 Å². The number of hydrogen-bond acceptors (Lipinski definition) is 3. The van der Waals surface area contributed by atoms with E-state index in [1.165, 1.54) is 35.0 Å². The van der Waals surface area contributed by atoms with Crippen LogP contribution in [0, 0.1) is 17.1 Å². The van der Waals surface area contributed by atoms with Gasteiger partial charge in [-0.15, -0.1) is 0 Å². The van der Waals surface area contributed by atoms with Gasteiger partial charge in [0, 0.05) is 19.8 Å². The lowest BCUT2D eigenvalue weighted by atomic mass is 9.87. The van der Waals surface area contributed by atoms with E-state index in [1.807, 2.05) is 6.08 Å². The molecule has 3 amide bonds. The van der Waals surface area contributed by atoms with Gasteiger partial charge in [-0.05, 0) is 54.3 Å². The Hall–Kier alpha value is -3.87. The number of halogens is 4. The Bertz CT molecular complexity index is 1250. The van der Waals surface area contributed by atoms with Gasteiger partial charge in [-0.1, -0.05) is 12.1 Å². The number of urea groups is 1. The predicted molar refractivity (Wildman–Crippen MR) is 116 cm³/mol. The average Bonchev–Trinajstić information content (AvgIpc) is 3.07. The van der Waals surface area contributed by atoms with Crippen LogP contribution in [0.5, 0.6) is 0 Å². The molecule has 4 rings (SSSR count). The number of carbonyl (C=O) groups excluding carboxylic acids is 2. The van der Waals surface area contributed by atoms with Gasteiger partial charge in [-0.2, -0.15) is 18.4 Å². The minimum absolute atomic E-state index is 0.0634. The fourth-order valence-corrected chi connectivity index (χ4v) is 4.56. The van der Waals surface area contributed by atoms with Gasteiger partial charge in [0.1, 0.15) is 5.82 Å². The van der Waals surface area contributed by atoms with E-state index in [2.05, 4.69) is 5.32 Å². The highest BCUT2D eigenvalue weighted by Gasteiger charge is 2.46. The third kappa shape index (κ3) is 3.87. The first-order chi connectivity index (χ1) is 16.1. The van der Waals surface area contributed by atoms with E-state index in [1.54, 1.807) is 19.2 Å². The number of benzene rings is 2. The van der Waals surface area contributed by atoms with Crippen molar-refractivity contribution in [2.24, 2.45) is 0 Å². The fraction of sp³-hybridized carbons (Fsp3) is 0.292. The van der Waals surface area contributed by atoms with E-state index in [0.29, 0.717) is 18.4 Å². The number of alkyl halides is 3. The topological polar surface area (TPSA) is 76.4 Å². The van der Waals surface area contributed by atoms with E-state index >= 15 is 0 Å². The number of amides is 3. The van der Waals surface area contributed by atoms with Crippen LogP contribution in [0.2, 0.25) is 0 Å². The number of allylic oxidation sites excluding steroid dienone is 1. The zero-order valence-corrected chi connectivity index (χ0v) is 18.3. The van der Waals surface area contributed by atoms with E-state index in [-0.39, 0.29) is 11.3 Å². The van der Waals surface area contributed by atoms with Crippen molar-refractivity contribution in [3.05, 3.63) is 70.5 Å². The van der Waals surface area contributed by atoms with Crippen molar-refractivity contribution in [2.45, 2.75) is 31.1 Å². The highest BCUT2D eigenvalue weighted by molar-refractivity contribution is 5.97. The average molecular weight is 472 g/mol. The van der Waals surface area contributed by atoms with Crippen molar-refractivity contribution in [3.63, 3.8) is 0 Å². The quantitative estimate of drug-likeness (QED) is 0.666. The van der Waals surface area contributed by atoms with Crippen LogP contribution in [0.1, 0.15) is 39.9 Å². The third-order valence-corrected chi connectivity index (χ3v) is 6.28. The zero-order valence-electron chi connectivity index (χ0n) is 18.3. The molecular formula is C24H20F4N4O2. The first kappa shape index (κ1) is 23.3. The molecule has 1 aliphatic heterocycles. The summed E-state index contributed by atoms with van der Waals surface area (Å²) in [6, 6.07) is 7.73. The summed E-state index contributed by atoms with van der Waals surface area (Å²) in [6.45, 7) is 0. The molecule has 176 valence electrons. The van der Waals surface area contributed by atoms with E-state index < -0.39 is 47.1 Å². The van der Waals surface area contributed by atoms with Crippen molar-refractivity contribution >= 4 is 23.2 Å². The molecule has 1 fully saturated rings. The Morgan fingerprint density at radius 3 is 2.56 bits per heavy atom. The highest BCUT2D eigenvalue weighted by Crippen LogP contribution is 2.41. The molecule has 10 heteroatoms. The maximum Gasteiger partial charge on any atom is 0.417 e. The second-order valence-corrected chi connectivity index (χ2v) is 8.17. The molecule has 34 heavy (non-hydrogen) atoms. The van der Waals surface area contributed by atoms with E-state index in [0.717, 1.165) is 17.7 Å². The molecular weight excluding hydrogens is 452 g/mol. The minimum Gasteiger partial charge on any atom is -0.355 e. The number of nitrogens with zero attached hydrogens (tertiary/aromatic N) is 3. The SMILES string of the molecule is CNC(=O)c1ccc(C2=C[C@@H]3[C@H](CC2)N(c2ccc(C#N)c(C(F)(F)F)c2)C(=O)N3C)cc1F. The molecule has 1 aliphatic carbocycles. The monoisotopic (exact) mass is 472 g/mol. The van der Waals surface area contributed by atoms with Crippen LogP contribution in [-0.4, -0.2) is 43.0 Å². The van der Waals surface area contributed by atoms with Crippen molar-refractivity contribution in [2.75, 3.05) is 19.0 Å². The minimum atomic E-state index is -4.74. The summed E-state index contributed by atoms with van der Waals surface area (Å²) in [4.78, 5) is 27.5. The van der Waals surface area contributed by atoms with Crippen LogP contribution in [0.15, 0.2) is 42.5 Å². The first-order valence-electron chi connectivity index (χ1n) is 10.5. The van der Waals surface area contributed by atoms with E-state index in [9.17, 15) is 27.2 Å². The maximum atomic E-state index is 14.5. The van der Waals surface area contributed by atoms with Gasteiger partial charge in [-0.25, -0.2) is 9.18 Å². The van der Waals surface area contributed by atoms with Crippen LogP contribution in [0.3, 0.4) is 0 Å². The second-order valence-electron chi connectivity index (χ2n) is 8.17. The van der Waals surface area contributed by atoms with E-state index in [4.69, 9.17) is 5.26 Å². The lowest BCUT2D eigenvalue weighted by molar-refractivity contribution is -0.137. The van der Waals surface area contributed by atoms with Crippen LogP contribution in [-0.2, 0) is 6.18 Å². The Morgan fingerprint density at radius 2 is 1.94 bits per heavy atom. The van der Waals surface area contributed by atoms with Gasteiger partial charge in [-0.3, -0.25) is 9.69 Å². The summed E-state index contributed by atoms with van der Waals surface area (Å²) in [5.74, 6) is -1.21. The number of nitriles is 1. The normalized spacial score (nSPS) is 20.0. The molecule has 1 N–H and O–H groups in total. The Kier molecular flexibility index (Phi) is 5.81. The summed E-state index contributed by atoms with van der Waals surface area (Å²) in [5, 5.41) is 11.4. The molecule has 0 bridgehead atoms. The number of likely N-dealkylation sites (N-methyl/N-ethyl adjacent to an activating group) is 1. The molecule has 2 atom stereocenters. The van der Waals surface area contributed by atoms with Gasteiger partial charge >= 0.3 is 12.2 Å². The second kappa shape index (κ2) is 8.48. The molecule has 1 saturated heterocycles. The first-order valence-corrected chi connectivity index (χ1v) is 10.5. The van der Waals surface area contributed by atoms with Crippen molar-refractivity contribution < 1.29 is 27.2 Å². The summed E-state index contributed by atoms with van der Waals surface area (Å²) in [6.07, 6.45) is -2.03. The van der Waals surface area contributed by atoms with Crippen LogP contribution >= 0.6 is 0 Å². The largest absolute Gasteiger partial charge is 0.417 e. The summed E-state index contributed by atoms with van der Waals surface area (Å²) in [7, 11) is 2.97. The lowest BCUT2D eigenvalue weighted by Crippen LogP contribution is -2.38.